The molecule has 4 rings (SSSR count). The van der Waals surface area contributed by atoms with Gasteiger partial charge in [-0.3, -0.25) is 0 Å². The summed E-state index contributed by atoms with van der Waals surface area (Å²) in [6.45, 7) is 2.61. The standard InChI is InChI=1S/C17H17ClN2O/c18-14-7-12-4-6-21-17(12)13(8-14)10-20-5-3-11-9-15(19)1-2-16(11)20/h1-2,7-9H,3-6,10,19H2. The van der Waals surface area contributed by atoms with Gasteiger partial charge in [-0.1, -0.05) is 11.6 Å². The Morgan fingerprint density at radius 3 is 2.95 bits per heavy atom. The number of rotatable bonds is 2. The van der Waals surface area contributed by atoms with Crippen LogP contribution in [0.2, 0.25) is 5.02 Å². The van der Waals surface area contributed by atoms with Crippen LogP contribution in [0.15, 0.2) is 30.3 Å². The predicted molar refractivity (Wildman–Crippen MR) is 86.3 cm³/mol. The fourth-order valence-electron chi connectivity index (χ4n) is 3.32. The van der Waals surface area contributed by atoms with Gasteiger partial charge in [-0.25, -0.2) is 0 Å². The molecular formula is C17H17ClN2O. The minimum atomic E-state index is 0.760. The van der Waals surface area contributed by atoms with Crippen molar-refractivity contribution in [2.24, 2.45) is 0 Å². The first kappa shape index (κ1) is 12.8. The average molecular weight is 301 g/mol. The monoisotopic (exact) mass is 300 g/mol. The molecule has 2 aromatic rings. The van der Waals surface area contributed by atoms with Gasteiger partial charge in [-0.15, -0.1) is 0 Å². The summed E-state index contributed by atoms with van der Waals surface area (Å²) in [4.78, 5) is 2.38. The van der Waals surface area contributed by atoms with Crippen LogP contribution in [0.3, 0.4) is 0 Å². The number of nitrogens with two attached hydrogens (primary N) is 1. The molecule has 0 spiro atoms. The van der Waals surface area contributed by atoms with Gasteiger partial charge in [0.1, 0.15) is 5.75 Å². The van der Waals surface area contributed by atoms with Crippen molar-refractivity contribution in [3.05, 3.63) is 52.0 Å². The highest BCUT2D eigenvalue weighted by atomic mass is 35.5. The van der Waals surface area contributed by atoms with Crippen LogP contribution in [0, 0.1) is 0 Å². The summed E-state index contributed by atoms with van der Waals surface area (Å²) in [6.07, 6.45) is 2.00. The summed E-state index contributed by atoms with van der Waals surface area (Å²) in [7, 11) is 0. The van der Waals surface area contributed by atoms with E-state index in [1.165, 1.54) is 22.4 Å². The maximum atomic E-state index is 6.24. The second-order valence-corrected chi connectivity index (χ2v) is 6.15. The van der Waals surface area contributed by atoms with Crippen LogP contribution in [-0.2, 0) is 19.4 Å². The van der Waals surface area contributed by atoms with E-state index in [1.807, 2.05) is 18.2 Å². The van der Waals surface area contributed by atoms with Gasteiger partial charge < -0.3 is 15.4 Å². The molecule has 0 aliphatic carbocycles. The Morgan fingerprint density at radius 1 is 1.14 bits per heavy atom. The number of hydrogen-bond acceptors (Lipinski definition) is 3. The first-order valence-electron chi connectivity index (χ1n) is 7.28. The summed E-state index contributed by atoms with van der Waals surface area (Å²) in [5.41, 5.74) is 11.7. The zero-order valence-electron chi connectivity index (χ0n) is 11.7. The maximum absolute atomic E-state index is 6.24. The molecule has 0 radical (unpaired) electrons. The van der Waals surface area contributed by atoms with E-state index in [2.05, 4.69) is 17.0 Å². The molecule has 2 N–H and O–H groups in total. The van der Waals surface area contributed by atoms with Gasteiger partial charge >= 0.3 is 0 Å². The molecule has 4 heteroatoms. The summed E-state index contributed by atoms with van der Waals surface area (Å²) in [6, 6.07) is 10.2. The van der Waals surface area contributed by atoms with E-state index >= 15 is 0 Å². The first-order valence-corrected chi connectivity index (χ1v) is 7.66. The molecule has 2 aliphatic heterocycles. The van der Waals surface area contributed by atoms with E-state index < -0.39 is 0 Å². The summed E-state index contributed by atoms with van der Waals surface area (Å²) in [5, 5.41) is 0.797. The van der Waals surface area contributed by atoms with Crippen molar-refractivity contribution in [1.82, 2.24) is 0 Å². The minimum Gasteiger partial charge on any atom is -0.493 e. The predicted octanol–water partition coefficient (Wildman–Crippen LogP) is 3.42. The second-order valence-electron chi connectivity index (χ2n) is 5.71. The van der Waals surface area contributed by atoms with Crippen molar-refractivity contribution < 1.29 is 4.74 Å². The zero-order chi connectivity index (χ0) is 14.4. The number of fused-ring (bicyclic) bond motifs is 2. The normalized spacial score (nSPS) is 15.8. The second kappa shape index (κ2) is 4.85. The van der Waals surface area contributed by atoms with E-state index in [4.69, 9.17) is 22.1 Å². The molecule has 0 saturated carbocycles. The molecule has 2 aromatic carbocycles. The smallest absolute Gasteiger partial charge is 0.127 e. The molecule has 2 heterocycles. The van der Waals surface area contributed by atoms with Gasteiger partial charge in [0.15, 0.2) is 0 Å². The first-order chi connectivity index (χ1) is 10.2. The van der Waals surface area contributed by atoms with Gasteiger partial charge in [0.25, 0.3) is 0 Å². The molecule has 0 fully saturated rings. The number of benzene rings is 2. The molecule has 2 aliphatic rings. The number of anilines is 2. The van der Waals surface area contributed by atoms with Crippen molar-refractivity contribution in [3.63, 3.8) is 0 Å². The lowest BCUT2D eigenvalue weighted by molar-refractivity contribution is 0.353. The lowest BCUT2D eigenvalue weighted by Gasteiger charge is -2.21. The Hall–Kier alpha value is -1.87. The zero-order valence-corrected chi connectivity index (χ0v) is 12.5. The molecule has 3 nitrogen and oxygen atoms in total. The number of halogens is 1. The Morgan fingerprint density at radius 2 is 2.05 bits per heavy atom. The molecule has 0 bridgehead atoms. The Kier molecular flexibility index (Phi) is 2.96. The van der Waals surface area contributed by atoms with Crippen molar-refractivity contribution in [1.29, 1.82) is 0 Å². The van der Waals surface area contributed by atoms with E-state index in [1.54, 1.807) is 0 Å². The summed E-state index contributed by atoms with van der Waals surface area (Å²) in [5.74, 6) is 1.03. The van der Waals surface area contributed by atoms with Gasteiger partial charge in [0.05, 0.1) is 6.61 Å². The van der Waals surface area contributed by atoms with Crippen molar-refractivity contribution in [3.8, 4) is 5.75 Å². The third-order valence-electron chi connectivity index (χ3n) is 4.28. The Bertz CT molecular complexity index is 714. The fraction of sp³-hybridized carbons (Fsp3) is 0.294. The molecule has 0 saturated heterocycles. The van der Waals surface area contributed by atoms with Crippen LogP contribution in [0.4, 0.5) is 11.4 Å². The highest BCUT2D eigenvalue weighted by Gasteiger charge is 2.23. The van der Waals surface area contributed by atoms with Gasteiger partial charge in [-0.2, -0.15) is 0 Å². The van der Waals surface area contributed by atoms with Crippen molar-refractivity contribution >= 4 is 23.0 Å². The lowest BCUT2D eigenvalue weighted by Crippen LogP contribution is -2.20. The van der Waals surface area contributed by atoms with Gasteiger partial charge in [0.2, 0.25) is 0 Å². The topological polar surface area (TPSA) is 38.5 Å². The van der Waals surface area contributed by atoms with E-state index in [9.17, 15) is 0 Å². The SMILES string of the molecule is Nc1ccc2c(c1)CCN2Cc1cc(Cl)cc2c1OCC2. The third-order valence-corrected chi connectivity index (χ3v) is 4.50. The summed E-state index contributed by atoms with van der Waals surface area (Å²) < 4.78 is 5.80. The Balaban J connectivity index is 1.67. The van der Waals surface area contributed by atoms with Gasteiger partial charge in [0, 0.05) is 41.5 Å². The number of hydrogen-bond donors (Lipinski definition) is 1. The Labute approximate surface area is 129 Å². The van der Waals surface area contributed by atoms with Crippen LogP contribution >= 0.6 is 11.6 Å². The van der Waals surface area contributed by atoms with Crippen LogP contribution in [0.25, 0.3) is 0 Å². The molecule has 21 heavy (non-hydrogen) atoms. The van der Waals surface area contributed by atoms with Crippen molar-refractivity contribution in [2.75, 3.05) is 23.8 Å². The molecular weight excluding hydrogens is 284 g/mol. The molecule has 0 unspecified atom stereocenters. The summed E-state index contributed by atoms with van der Waals surface area (Å²) >= 11 is 6.24. The van der Waals surface area contributed by atoms with E-state index in [0.29, 0.717) is 0 Å². The highest BCUT2D eigenvalue weighted by Crippen LogP contribution is 2.36. The van der Waals surface area contributed by atoms with Crippen LogP contribution < -0.4 is 15.4 Å². The number of nitrogen functional groups attached to an aromatic ring is 1. The maximum Gasteiger partial charge on any atom is 0.127 e. The van der Waals surface area contributed by atoms with Crippen LogP contribution in [0.1, 0.15) is 16.7 Å². The largest absolute Gasteiger partial charge is 0.493 e. The van der Waals surface area contributed by atoms with Gasteiger partial charge in [-0.05, 0) is 47.9 Å². The molecule has 0 atom stereocenters. The minimum absolute atomic E-state index is 0.760. The average Bonchev–Trinajstić information content (AvgIpc) is 3.05. The molecule has 108 valence electrons. The fourth-order valence-corrected chi connectivity index (χ4v) is 3.59. The van der Waals surface area contributed by atoms with E-state index in [0.717, 1.165) is 49.0 Å². The van der Waals surface area contributed by atoms with E-state index in [-0.39, 0.29) is 0 Å². The number of ether oxygens (including phenoxy) is 1. The van der Waals surface area contributed by atoms with Crippen LogP contribution in [-0.4, -0.2) is 13.2 Å². The third kappa shape index (κ3) is 2.22. The molecule has 0 aromatic heterocycles. The highest BCUT2D eigenvalue weighted by molar-refractivity contribution is 6.30. The van der Waals surface area contributed by atoms with Crippen LogP contribution in [0.5, 0.6) is 5.75 Å². The molecule has 0 amide bonds. The number of nitrogens with zero attached hydrogens (tertiary/aromatic N) is 1. The van der Waals surface area contributed by atoms with Crippen molar-refractivity contribution in [2.45, 2.75) is 19.4 Å². The quantitative estimate of drug-likeness (QED) is 0.864. The lowest BCUT2D eigenvalue weighted by atomic mass is 10.1.